The molecule has 0 bridgehead atoms. The van der Waals surface area contributed by atoms with E-state index in [0.29, 0.717) is 10.8 Å². The molecule has 2 N–H and O–H groups in total. The Labute approximate surface area is 199 Å². The number of rotatable bonds is 5. The van der Waals surface area contributed by atoms with Gasteiger partial charge in [-0.3, -0.25) is 9.72 Å². The molecule has 0 aliphatic carbocycles. The second-order valence-electron chi connectivity index (χ2n) is 8.85. The third kappa shape index (κ3) is 4.46. The van der Waals surface area contributed by atoms with E-state index in [1.807, 2.05) is 59.9 Å². The number of para-hydroxylation sites is 1. The van der Waals surface area contributed by atoms with Gasteiger partial charge in [-0.05, 0) is 48.1 Å². The van der Waals surface area contributed by atoms with E-state index in [-0.39, 0.29) is 17.9 Å². The molecular weight excluding hydrogens is 432 g/mol. The topological polar surface area (TPSA) is 58.4 Å². The monoisotopic (exact) mass is 460 g/mol. The van der Waals surface area contributed by atoms with E-state index in [1.54, 1.807) is 0 Å². The third-order valence-electron chi connectivity index (χ3n) is 5.81. The number of hydrogen-bond acceptors (Lipinski definition) is 2. The van der Waals surface area contributed by atoms with Crippen molar-refractivity contribution < 1.29 is 4.79 Å². The zero-order valence-corrected chi connectivity index (χ0v) is 20.4. The second-order valence-corrected chi connectivity index (χ2v) is 9.26. The van der Waals surface area contributed by atoms with Crippen molar-refractivity contribution in [2.45, 2.75) is 46.5 Å². The Kier molecular flexibility index (Phi) is 6.43. The maximum Gasteiger partial charge on any atom is 0.324 e. The molecule has 6 heteroatoms. The number of carbonyl (C=O) groups is 1. The van der Waals surface area contributed by atoms with Crippen molar-refractivity contribution in [3.63, 3.8) is 0 Å². The number of fused-ring (bicyclic) bond motifs is 1. The third-order valence-corrected chi connectivity index (χ3v) is 6.14. The molecule has 0 saturated carbocycles. The molecule has 2 aromatic carbocycles. The lowest BCUT2D eigenvalue weighted by atomic mass is 9.93. The highest BCUT2D eigenvalue weighted by atomic mass is 35.5. The van der Waals surface area contributed by atoms with Crippen LogP contribution < -0.4 is 10.6 Å². The van der Waals surface area contributed by atoms with Crippen molar-refractivity contribution in [2.24, 2.45) is 0 Å². The van der Waals surface area contributed by atoms with E-state index < -0.39 is 0 Å². The molecule has 0 aliphatic rings. The van der Waals surface area contributed by atoms with E-state index in [2.05, 4.69) is 50.5 Å². The van der Waals surface area contributed by atoms with Gasteiger partial charge in [0.25, 0.3) is 0 Å². The van der Waals surface area contributed by atoms with E-state index in [1.165, 1.54) is 0 Å². The first-order chi connectivity index (χ1) is 15.8. The number of benzene rings is 2. The van der Waals surface area contributed by atoms with E-state index in [0.717, 1.165) is 39.4 Å². The van der Waals surface area contributed by atoms with E-state index in [4.69, 9.17) is 16.6 Å². The molecule has 0 saturated heterocycles. The predicted octanol–water partition coefficient (Wildman–Crippen LogP) is 7.85. The molecule has 4 aromatic rings. The maximum atomic E-state index is 13.3. The zero-order chi connectivity index (χ0) is 23.7. The standard InChI is InChI=1S/C27H29ClN4O/c1-16(2)19-12-9-13-20(17(3)4)24(19)30-27(33)31-26-25(21-11-6-7-14-22(21)28)32-18(5)10-8-15-23(32)29-26/h6-17H,1-5H3,(H2,30,31,33). The summed E-state index contributed by atoms with van der Waals surface area (Å²) in [6.45, 7) is 10.5. The highest BCUT2D eigenvalue weighted by Gasteiger charge is 2.21. The minimum absolute atomic E-state index is 0.274. The SMILES string of the molecule is Cc1cccc2nc(NC(=O)Nc3c(C(C)C)cccc3C(C)C)c(-c3ccccc3Cl)n12. The van der Waals surface area contributed by atoms with Gasteiger partial charge in [-0.2, -0.15) is 0 Å². The molecule has 2 heterocycles. The normalized spacial score (nSPS) is 11.4. The second kappa shape index (κ2) is 9.28. The largest absolute Gasteiger partial charge is 0.324 e. The quantitative estimate of drug-likeness (QED) is 0.318. The molecule has 5 nitrogen and oxygen atoms in total. The number of hydrogen-bond donors (Lipinski definition) is 2. The number of pyridine rings is 1. The van der Waals surface area contributed by atoms with Crippen LogP contribution in [0.3, 0.4) is 0 Å². The van der Waals surface area contributed by atoms with Crippen LogP contribution in [0.25, 0.3) is 16.9 Å². The number of amides is 2. The Hall–Kier alpha value is -3.31. The Morgan fingerprint density at radius 3 is 2.15 bits per heavy atom. The van der Waals surface area contributed by atoms with Crippen LogP contribution in [-0.4, -0.2) is 15.4 Å². The van der Waals surface area contributed by atoms with Gasteiger partial charge >= 0.3 is 6.03 Å². The smallest absolute Gasteiger partial charge is 0.307 e. The van der Waals surface area contributed by atoms with Gasteiger partial charge in [-0.15, -0.1) is 0 Å². The fraction of sp³-hybridized carbons (Fsp3) is 0.259. The summed E-state index contributed by atoms with van der Waals surface area (Å²) < 4.78 is 2.01. The minimum atomic E-state index is -0.334. The minimum Gasteiger partial charge on any atom is -0.307 e. The summed E-state index contributed by atoms with van der Waals surface area (Å²) in [5, 5.41) is 6.70. The van der Waals surface area contributed by atoms with Crippen LogP contribution in [-0.2, 0) is 0 Å². The van der Waals surface area contributed by atoms with Crippen LogP contribution in [0.2, 0.25) is 5.02 Å². The first kappa shape index (κ1) is 22.9. The number of aromatic nitrogens is 2. The van der Waals surface area contributed by atoms with Crippen molar-refractivity contribution in [3.05, 3.63) is 82.5 Å². The Morgan fingerprint density at radius 1 is 0.879 bits per heavy atom. The first-order valence-electron chi connectivity index (χ1n) is 11.2. The van der Waals surface area contributed by atoms with E-state index in [9.17, 15) is 4.79 Å². The number of carbonyl (C=O) groups excluding carboxylic acids is 1. The lowest BCUT2D eigenvalue weighted by Crippen LogP contribution is -2.22. The van der Waals surface area contributed by atoms with Crippen LogP contribution in [0.5, 0.6) is 0 Å². The predicted molar refractivity (Wildman–Crippen MR) is 138 cm³/mol. The van der Waals surface area contributed by atoms with Gasteiger partial charge in [0.2, 0.25) is 0 Å². The number of halogens is 1. The van der Waals surface area contributed by atoms with Gasteiger partial charge < -0.3 is 5.32 Å². The zero-order valence-electron chi connectivity index (χ0n) is 19.6. The number of nitrogens with one attached hydrogen (secondary N) is 2. The van der Waals surface area contributed by atoms with Crippen molar-refractivity contribution in [1.82, 2.24) is 9.38 Å². The molecule has 0 unspecified atom stereocenters. The Balaban J connectivity index is 1.77. The summed E-state index contributed by atoms with van der Waals surface area (Å²) in [5.74, 6) is 1.01. The van der Waals surface area contributed by atoms with Crippen LogP contribution in [0.15, 0.2) is 60.7 Å². The van der Waals surface area contributed by atoms with Crippen LogP contribution in [0, 0.1) is 6.92 Å². The highest BCUT2D eigenvalue weighted by molar-refractivity contribution is 6.33. The molecule has 4 rings (SSSR count). The average Bonchev–Trinajstić information content (AvgIpc) is 3.12. The Morgan fingerprint density at radius 2 is 1.52 bits per heavy atom. The molecule has 0 aliphatic heterocycles. The van der Waals surface area contributed by atoms with Gasteiger partial charge in [0.05, 0.1) is 10.7 Å². The highest BCUT2D eigenvalue weighted by Crippen LogP contribution is 2.36. The summed E-state index contributed by atoms with van der Waals surface area (Å²) in [6, 6.07) is 19.3. The number of nitrogens with zero attached hydrogens (tertiary/aromatic N) is 2. The molecule has 33 heavy (non-hydrogen) atoms. The molecule has 2 amide bonds. The van der Waals surface area contributed by atoms with Gasteiger partial charge in [0.15, 0.2) is 5.82 Å². The average molecular weight is 461 g/mol. The number of anilines is 2. The fourth-order valence-electron chi connectivity index (χ4n) is 4.19. The van der Waals surface area contributed by atoms with Gasteiger partial charge in [0.1, 0.15) is 5.65 Å². The molecule has 0 spiro atoms. The summed E-state index contributed by atoms with van der Waals surface area (Å²) in [6.07, 6.45) is 0. The lowest BCUT2D eigenvalue weighted by molar-refractivity contribution is 0.262. The number of aryl methyl sites for hydroxylation is 1. The maximum absolute atomic E-state index is 13.3. The fourth-order valence-corrected chi connectivity index (χ4v) is 4.42. The molecule has 170 valence electrons. The van der Waals surface area contributed by atoms with Gasteiger partial charge in [-0.1, -0.05) is 81.8 Å². The van der Waals surface area contributed by atoms with Crippen molar-refractivity contribution >= 4 is 34.8 Å². The first-order valence-corrected chi connectivity index (χ1v) is 11.6. The van der Waals surface area contributed by atoms with Crippen LogP contribution >= 0.6 is 11.6 Å². The number of urea groups is 1. The molecular formula is C27H29ClN4O. The molecule has 0 fully saturated rings. The summed E-state index contributed by atoms with van der Waals surface area (Å²) >= 11 is 6.55. The molecule has 0 atom stereocenters. The van der Waals surface area contributed by atoms with E-state index >= 15 is 0 Å². The summed E-state index contributed by atoms with van der Waals surface area (Å²) in [5.41, 5.74) is 6.37. The van der Waals surface area contributed by atoms with Crippen molar-refractivity contribution in [3.8, 4) is 11.3 Å². The Bertz CT molecular complexity index is 1300. The van der Waals surface area contributed by atoms with Crippen molar-refractivity contribution in [2.75, 3.05) is 10.6 Å². The van der Waals surface area contributed by atoms with Gasteiger partial charge in [-0.25, -0.2) is 9.78 Å². The van der Waals surface area contributed by atoms with Crippen LogP contribution in [0.4, 0.5) is 16.3 Å². The van der Waals surface area contributed by atoms with Crippen LogP contribution in [0.1, 0.15) is 56.4 Å². The lowest BCUT2D eigenvalue weighted by Gasteiger charge is -2.20. The molecule has 2 aromatic heterocycles. The number of imidazole rings is 1. The van der Waals surface area contributed by atoms with Gasteiger partial charge in [0, 0.05) is 16.9 Å². The molecule has 0 radical (unpaired) electrons. The summed E-state index contributed by atoms with van der Waals surface area (Å²) in [4.78, 5) is 18.0. The van der Waals surface area contributed by atoms with Crippen molar-refractivity contribution in [1.29, 1.82) is 0 Å². The summed E-state index contributed by atoms with van der Waals surface area (Å²) in [7, 11) is 0.